The van der Waals surface area contributed by atoms with E-state index in [2.05, 4.69) is 5.32 Å². The van der Waals surface area contributed by atoms with E-state index in [1.54, 1.807) is 0 Å². The summed E-state index contributed by atoms with van der Waals surface area (Å²) in [6.07, 6.45) is 5.38. The molecule has 2 heteroatoms. The van der Waals surface area contributed by atoms with E-state index >= 15 is 0 Å². The maximum absolute atomic E-state index is 5.44. The zero-order valence-electron chi connectivity index (χ0n) is 6.02. The second-order valence-corrected chi connectivity index (χ2v) is 2.50. The molecule has 2 nitrogen and oxygen atoms in total. The van der Waals surface area contributed by atoms with E-state index < -0.39 is 0 Å². The number of rotatable bonds is 1. The monoisotopic (exact) mass is 129 g/mol. The fourth-order valence-corrected chi connectivity index (χ4v) is 1.15. The summed E-state index contributed by atoms with van der Waals surface area (Å²) in [5.41, 5.74) is 0. The Balaban J connectivity index is 2.18. The van der Waals surface area contributed by atoms with Crippen molar-refractivity contribution in [2.45, 2.75) is 31.9 Å². The van der Waals surface area contributed by atoms with Gasteiger partial charge < -0.3 is 4.74 Å². The van der Waals surface area contributed by atoms with Crippen molar-refractivity contribution in [3.8, 4) is 0 Å². The Morgan fingerprint density at radius 1 is 1.33 bits per heavy atom. The van der Waals surface area contributed by atoms with Crippen LogP contribution in [0.3, 0.4) is 0 Å². The van der Waals surface area contributed by atoms with Gasteiger partial charge in [0.05, 0.1) is 0 Å². The molecular formula is C7H15NO. The van der Waals surface area contributed by atoms with Crippen molar-refractivity contribution in [1.29, 1.82) is 0 Å². The van der Waals surface area contributed by atoms with Crippen molar-refractivity contribution in [3.05, 3.63) is 0 Å². The molecule has 54 valence electrons. The second kappa shape index (κ2) is 3.85. The van der Waals surface area contributed by atoms with E-state index in [4.69, 9.17) is 4.74 Å². The summed E-state index contributed by atoms with van der Waals surface area (Å²) >= 11 is 0. The fourth-order valence-electron chi connectivity index (χ4n) is 1.15. The van der Waals surface area contributed by atoms with Crippen LogP contribution in [0.25, 0.3) is 0 Å². The first-order valence-electron chi connectivity index (χ1n) is 3.72. The summed E-state index contributed by atoms with van der Waals surface area (Å²) in [6, 6.07) is 0. The maximum atomic E-state index is 5.44. The largest absolute Gasteiger partial charge is 0.363 e. The molecule has 0 radical (unpaired) electrons. The second-order valence-electron chi connectivity index (χ2n) is 2.50. The molecule has 0 bridgehead atoms. The average Bonchev–Trinajstić information content (AvgIpc) is 2.13. The van der Waals surface area contributed by atoms with E-state index in [-0.39, 0.29) is 0 Å². The van der Waals surface area contributed by atoms with Crippen molar-refractivity contribution in [3.63, 3.8) is 0 Å². The lowest BCUT2D eigenvalue weighted by Gasteiger charge is -2.12. The minimum atomic E-state index is 0.326. The molecular weight excluding hydrogens is 114 g/mol. The van der Waals surface area contributed by atoms with Crippen LogP contribution in [-0.4, -0.2) is 19.9 Å². The molecule has 0 aromatic carbocycles. The van der Waals surface area contributed by atoms with Gasteiger partial charge in [-0.25, -0.2) is 0 Å². The fraction of sp³-hybridized carbons (Fsp3) is 1.00. The summed E-state index contributed by atoms with van der Waals surface area (Å²) in [7, 11) is 1.95. The van der Waals surface area contributed by atoms with Crippen LogP contribution in [0.15, 0.2) is 0 Å². The lowest BCUT2D eigenvalue weighted by molar-refractivity contribution is 0.0403. The molecule has 1 fully saturated rings. The molecule has 0 amide bonds. The van der Waals surface area contributed by atoms with Crippen LogP contribution in [-0.2, 0) is 4.74 Å². The molecule has 1 saturated heterocycles. The highest BCUT2D eigenvalue weighted by molar-refractivity contribution is 4.57. The molecule has 0 spiro atoms. The predicted octanol–water partition coefficient (Wildman–Crippen LogP) is 1.12. The molecule has 1 aliphatic rings. The molecule has 1 unspecified atom stereocenters. The number of hydrogen-bond donors (Lipinski definition) is 1. The standard InChI is InChI=1S/C7H15NO/c1-8-7-5-3-2-4-6-9-7/h7-8H,2-6H2,1H3. The highest BCUT2D eigenvalue weighted by atomic mass is 16.5. The van der Waals surface area contributed by atoms with Gasteiger partial charge >= 0.3 is 0 Å². The highest BCUT2D eigenvalue weighted by Crippen LogP contribution is 2.09. The van der Waals surface area contributed by atoms with Gasteiger partial charge in [0, 0.05) is 6.61 Å². The van der Waals surface area contributed by atoms with E-state index in [9.17, 15) is 0 Å². The predicted molar refractivity (Wildman–Crippen MR) is 37.3 cm³/mol. The molecule has 1 rings (SSSR count). The van der Waals surface area contributed by atoms with Crippen molar-refractivity contribution in [1.82, 2.24) is 5.32 Å². The Morgan fingerprint density at radius 3 is 3.00 bits per heavy atom. The molecule has 0 aromatic rings. The van der Waals surface area contributed by atoms with Crippen molar-refractivity contribution < 1.29 is 4.74 Å². The van der Waals surface area contributed by atoms with E-state index in [1.807, 2.05) is 7.05 Å². The van der Waals surface area contributed by atoms with Crippen LogP contribution < -0.4 is 5.32 Å². The van der Waals surface area contributed by atoms with Crippen molar-refractivity contribution in [2.75, 3.05) is 13.7 Å². The van der Waals surface area contributed by atoms with Crippen LogP contribution in [0.1, 0.15) is 25.7 Å². The van der Waals surface area contributed by atoms with E-state index in [0.29, 0.717) is 6.23 Å². The van der Waals surface area contributed by atoms with Gasteiger partial charge in [-0.3, -0.25) is 5.32 Å². The molecule has 9 heavy (non-hydrogen) atoms. The Kier molecular flexibility index (Phi) is 3.01. The number of hydrogen-bond acceptors (Lipinski definition) is 2. The first-order valence-corrected chi connectivity index (χ1v) is 3.72. The van der Waals surface area contributed by atoms with Gasteiger partial charge in [-0.15, -0.1) is 0 Å². The highest BCUT2D eigenvalue weighted by Gasteiger charge is 2.08. The molecule has 0 aliphatic carbocycles. The molecule has 1 aliphatic heterocycles. The van der Waals surface area contributed by atoms with Gasteiger partial charge in [0.25, 0.3) is 0 Å². The van der Waals surface area contributed by atoms with Crippen molar-refractivity contribution in [2.24, 2.45) is 0 Å². The van der Waals surface area contributed by atoms with Crippen molar-refractivity contribution >= 4 is 0 Å². The third kappa shape index (κ3) is 2.33. The lowest BCUT2D eigenvalue weighted by atomic mass is 10.2. The summed E-state index contributed by atoms with van der Waals surface area (Å²) in [4.78, 5) is 0. The Bertz CT molecular complexity index is 67.3. The Morgan fingerprint density at radius 2 is 2.22 bits per heavy atom. The molecule has 1 atom stereocenters. The number of nitrogens with one attached hydrogen (secondary N) is 1. The zero-order chi connectivity index (χ0) is 6.53. The molecule has 0 aromatic heterocycles. The minimum absolute atomic E-state index is 0.326. The first kappa shape index (κ1) is 7.03. The average molecular weight is 129 g/mol. The SMILES string of the molecule is CNC1CCCCCO1. The smallest absolute Gasteiger partial charge is 0.107 e. The van der Waals surface area contributed by atoms with Crippen LogP contribution >= 0.6 is 0 Å². The third-order valence-corrected chi connectivity index (χ3v) is 1.75. The lowest BCUT2D eigenvalue weighted by Crippen LogP contribution is -2.27. The topological polar surface area (TPSA) is 21.3 Å². The van der Waals surface area contributed by atoms with Gasteiger partial charge in [-0.05, 0) is 26.3 Å². The molecule has 1 heterocycles. The van der Waals surface area contributed by atoms with Crippen LogP contribution in [0.2, 0.25) is 0 Å². The molecule has 1 N–H and O–H groups in total. The van der Waals surface area contributed by atoms with E-state index in [1.165, 1.54) is 25.7 Å². The third-order valence-electron chi connectivity index (χ3n) is 1.75. The quantitative estimate of drug-likeness (QED) is 0.573. The first-order chi connectivity index (χ1) is 4.43. The zero-order valence-corrected chi connectivity index (χ0v) is 6.02. The van der Waals surface area contributed by atoms with Gasteiger partial charge in [-0.2, -0.15) is 0 Å². The normalized spacial score (nSPS) is 29.7. The maximum Gasteiger partial charge on any atom is 0.107 e. The van der Waals surface area contributed by atoms with E-state index in [0.717, 1.165) is 6.61 Å². The number of ether oxygens (including phenoxy) is 1. The molecule has 0 saturated carbocycles. The van der Waals surface area contributed by atoms with Gasteiger partial charge in [-0.1, -0.05) is 6.42 Å². The Hall–Kier alpha value is -0.0800. The summed E-state index contributed by atoms with van der Waals surface area (Å²) in [5, 5.41) is 3.12. The van der Waals surface area contributed by atoms with Crippen LogP contribution in [0, 0.1) is 0 Å². The summed E-state index contributed by atoms with van der Waals surface area (Å²) in [6.45, 7) is 0.936. The van der Waals surface area contributed by atoms with Crippen LogP contribution in [0.5, 0.6) is 0 Å². The summed E-state index contributed by atoms with van der Waals surface area (Å²) < 4.78 is 5.44. The minimum Gasteiger partial charge on any atom is -0.363 e. The van der Waals surface area contributed by atoms with Gasteiger partial charge in [0.1, 0.15) is 6.23 Å². The summed E-state index contributed by atoms with van der Waals surface area (Å²) in [5.74, 6) is 0. The Labute approximate surface area is 56.6 Å². The van der Waals surface area contributed by atoms with Gasteiger partial charge in [0.2, 0.25) is 0 Å². The van der Waals surface area contributed by atoms with Gasteiger partial charge in [0.15, 0.2) is 0 Å². The van der Waals surface area contributed by atoms with Crippen LogP contribution in [0.4, 0.5) is 0 Å².